The third-order valence-electron chi connectivity index (χ3n) is 3.88. The number of amides is 1. The first-order valence-electron chi connectivity index (χ1n) is 8.48. The molecule has 2 aromatic heterocycles. The minimum Gasteiger partial charge on any atom is -0.353 e. The molecule has 0 saturated heterocycles. The van der Waals surface area contributed by atoms with Crippen molar-refractivity contribution in [2.24, 2.45) is 0 Å². The number of aryl methyl sites for hydroxylation is 1. The van der Waals surface area contributed by atoms with E-state index in [-0.39, 0.29) is 36.7 Å². The summed E-state index contributed by atoms with van der Waals surface area (Å²) in [6.45, 7) is 2.00. The van der Waals surface area contributed by atoms with Crippen molar-refractivity contribution in [1.82, 2.24) is 24.9 Å². The Balaban J connectivity index is 1.62. The largest absolute Gasteiger partial charge is 0.353 e. The average Bonchev–Trinajstić information content (AvgIpc) is 2.67. The van der Waals surface area contributed by atoms with E-state index >= 15 is 0 Å². The molecular formula is C19H19N5O3. The van der Waals surface area contributed by atoms with Crippen LogP contribution in [0, 0.1) is 6.92 Å². The number of nitrogens with zero attached hydrogens (tertiary/aromatic N) is 4. The van der Waals surface area contributed by atoms with Gasteiger partial charge in [0.15, 0.2) is 0 Å². The van der Waals surface area contributed by atoms with Crippen LogP contribution in [0.2, 0.25) is 0 Å². The molecule has 0 spiro atoms. The summed E-state index contributed by atoms with van der Waals surface area (Å²) in [5, 5.41) is 11.0. The predicted octanol–water partition coefficient (Wildman–Crippen LogP) is 0.592. The van der Waals surface area contributed by atoms with E-state index < -0.39 is 0 Å². The quantitative estimate of drug-likeness (QED) is 0.689. The third kappa shape index (κ3) is 4.75. The lowest BCUT2D eigenvalue weighted by atomic mass is 10.1. The molecule has 1 aromatic carbocycles. The molecule has 0 saturated carbocycles. The molecule has 0 atom stereocenters. The molecule has 1 N–H and O–H groups in total. The summed E-state index contributed by atoms with van der Waals surface area (Å²) >= 11 is 0. The highest BCUT2D eigenvalue weighted by Gasteiger charge is 2.07. The molecule has 0 unspecified atom stereocenters. The van der Waals surface area contributed by atoms with Crippen LogP contribution in [0.4, 0.5) is 0 Å². The van der Waals surface area contributed by atoms with Crippen LogP contribution in [0.1, 0.15) is 5.69 Å². The number of carbonyl (C=O) groups is 1. The lowest BCUT2D eigenvalue weighted by Crippen LogP contribution is -2.36. The standard InChI is InChI=1S/C19H19N5O3/c1-14-7-9-19(27)24(21-14)13-17(25)20-11-12-23-18(26)10-8-16(22-23)15-5-3-2-4-6-15/h2-10H,11-13H2,1H3,(H,20,25). The summed E-state index contributed by atoms with van der Waals surface area (Å²) in [7, 11) is 0. The van der Waals surface area contributed by atoms with Crippen LogP contribution >= 0.6 is 0 Å². The SMILES string of the molecule is Cc1ccc(=O)n(CC(=O)NCCn2nc(-c3ccccc3)ccc2=O)n1. The molecule has 138 valence electrons. The van der Waals surface area contributed by atoms with Gasteiger partial charge in [-0.1, -0.05) is 30.3 Å². The molecule has 8 heteroatoms. The highest BCUT2D eigenvalue weighted by Crippen LogP contribution is 2.13. The van der Waals surface area contributed by atoms with E-state index in [0.29, 0.717) is 11.4 Å². The van der Waals surface area contributed by atoms with Crippen molar-refractivity contribution in [3.8, 4) is 11.3 Å². The summed E-state index contributed by atoms with van der Waals surface area (Å²) < 4.78 is 2.41. The first-order valence-corrected chi connectivity index (χ1v) is 8.48. The Hall–Kier alpha value is -3.55. The summed E-state index contributed by atoms with van der Waals surface area (Å²) in [6.07, 6.45) is 0. The number of benzene rings is 1. The van der Waals surface area contributed by atoms with Crippen molar-refractivity contribution in [1.29, 1.82) is 0 Å². The average molecular weight is 365 g/mol. The molecule has 27 heavy (non-hydrogen) atoms. The molecule has 2 heterocycles. The molecule has 0 aliphatic heterocycles. The zero-order chi connectivity index (χ0) is 19.2. The topological polar surface area (TPSA) is 98.9 Å². The maximum atomic E-state index is 12.0. The molecule has 3 aromatic rings. The monoisotopic (exact) mass is 365 g/mol. The van der Waals surface area contributed by atoms with Crippen molar-refractivity contribution in [3.05, 3.63) is 81.0 Å². The number of rotatable bonds is 6. The van der Waals surface area contributed by atoms with Crippen LogP contribution < -0.4 is 16.4 Å². The fourth-order valence-corrected chi connectivity index (χ4v) is 2.53. The lowest BCUT2D eigenvalue weighted by molar-refractivity contribution is -0.121. The fraction of sp³-hybridized carbons (Fsp3) is 0.211. The number of nitrogens with one attached hydrogen (secondary N) is 1. The van der Waals surface area contributed by atoms with Gasteiger partial charge < -0.3 is 5.32 Å². The molecule has 0 aliphatic rings. The van der Waals surface area contributed by atoms with Crippen molar-refractivity contribution < 1.29 is 4.79 Å². The number of aromatic nitrogens is 4. The molecule has 0 aliphatic carbocycles. The fourth-order valence-electron chi connectivity index (χ4n) is 2.53. The van der Waals surface area contributed by atoms with Gasteiger partial charge in [0.25, 0.3) is 11.1 Å². The van der Waals surface area contributed by atoms with Gasteiger partial charge in [0.1, 0.15) is 6.54 Å². The number of carbonyl (C=O) groups excluding carboxylic acids is 1. The van der Waals surface area contributed by atoms with Crippen LogP contribution in [-0.4, -0.2) is 32.0 Å². The maximum absolute atomic E-state index is 12.0. The van der Waals surface area contributed by atoms with Crippen LogP contribution in [0.25, 0.3) is 11.3 Å². The van der Waals surface area contributed by atoms with Gasteiger partial charge in [0.2, 0.25) is 5.91 Å². The minimum absolute atomic E-state index is 0.174. The van der Waals surface area contributed by atoms with Crippen molar-refractivity contribution in [2.45, 2.75) is 20.0 Å². The maximum Gasteiger partial charge on any atom is 0.267 e. The summed E-state index contributed by atoms with van der Waals surface area (Å²) in [4.78, 5) is 35.7. The van der Waals surface area contributed by atoms with Gasteiger partial charge in [-0.2, -0.15) is 10.2 Å². The molecule has 1 amide bonds. The van der Waals surface area contributed by atoms with Crippen LogP contribution in [-0.2, 0) is 17.9 Å². The van der Waals surface area contributed by atoms with Gasteiger partial charge in [0.05, 0.1) is 17.9 Å². The number of hydrogen-bond acceptors (Lipinski definition) is 5. The van der Waals surface area contributed by atoms with Crippen LogP contribution in [0.15, 0.2) is 64.2 Å². The van der Waals surface area contributed by atoms with E-state index in [2.05, 4.69) is 15.5 Å². The van der Waals surface area contributed by atoms with E-state index in [0.717, 1.165) is 10.2 Å². The zero-order valence-corrected chi connectivity index (χ0v) is 14.8. The Morgan fingerprint density at radius 2 is 1.63 bits per heavy atom. The van der Waals surface area contributed by atoms with Crippen molar-refractivity contribution in [2.75, 3.05) is 6.54 Å². The summed E-state index contributed by atoms with van der Waals surface area (Å²) in [5.74, 6) is -0.359. The Morgan fingerprint density at radius 1 is 0.926 bits per heavy atom. The summed E-state index contributed by atoms with van der Waals surface area (Å²) in [5.41, 5.74) is 1.64. The Kier molecular flexibility index (Phi) is 5.55. The third-order valence-corrected chi connectivity index (χ3v) is 3.88. The molecular weight excluding hydrogens is 346 g/mol. The van der Waals surface area contributed by atoms with E-state index in [1.807, 2.05) is 30.3 Å². The van der Waals surface area contributed by atoms with Gasteiger partial charge in [0, 0.05) is 24.2 Å². The minimum atomic E-state index is -0.359. The molecule has 8 nitrogen and oxygen atoms in total. The van der Waals surface area contributed by atoms with Crippen molar-refractivity contribution in [3.63, 3.8) is 0 Å². The Bertz CT molecular complexity index is 1060. The first kappa shape index (κ1) is 18.2. The van der Waals surface area contributed by atoms with Crippen molar-refractivity contribution >= 4 is 5.91 Å². The van der Waals surface area contributed by atoms with Gasteiger partial charge in [-0.25, -0.2) is 9.36 Å². The normalized spacial score (nSPS) is 10.6. The second-order valence-corrected chi connectivity index (χ2v) is 5.97. The van der Waals surface area contributed by atoms with E-state index in [9.17, 15) is 14.4 Å². The lowest BCUT2D eigenvalue weighted by Gasteiger charge is -2.09. The predicted molar refractivity (Wildman–Crippen MR) is 100 cm³/mol. The van der Waals surface area contributed by atoms with E-state index in [4.69, 9.17) is 0 Å². The van der Waals surface area contributed by atoms with Crippen LogP contribution in [0.3, 0.4) is 0 Å². The van der Waals surface area contributed by atoms with Gasteiger partial charge in [-0.3, -0.25) is 14.4 Å². The molecule has 3 rings (SSSR count). The highest BCUT2D eigenvalue weighted by molar-refractivity contribution is 5.75. The smallest absolute Gasteiger partial charge is 0.267 e. The molecule has 0 fully saturated rings. The van der Waals surface area contributed by atoms with E-state index in [1.54, 1.807) is 19.1 Å². The van der Waals surface area contributed by atoms with Gasteiger partial charge in [-0.05, 0) is 19.1 Å². The Morgan fingerprint density at radius 3 is 2.41 bits per heavy atom. The Labute approximate surface area is 155 Å². The second-order valence-electron chi connectivity index (χ2n) is 5.97. The molecule has 0 bridgehead atoms. The second kappa shape index (κ2) is 8.22. The van der Waals surface area contributed by atoms with Crippen LogP contribution in [0.5, 0.6) is 0 Å². The summed E-state index contributed by atoms with van der Waals surface area (Å²) in [6, 6.07) is 15.6. The highest BCUT2D eigenvalue weighted by atomic mass is 16.2. The number of hydrogen-bond donors (Lipinski definition) is 1. The molecule has 0 radical (unpaired) electrons. The first-order chi connectivity index (χ1) is 13.0. The van der Waals surface area contributed by atoms with Gasteiger partial charge >= 0.3 is 0 Å². The van der Waals surface area contributed by atoms with E-state index in [1.165, 1.54) is 16.8 Å². The van der Waals surface area contributed by atoms with Gasteiger partial charge in [-0.15, -0.1) is 0 Å². The zero-order valence-electron chi connectivity index (χ0n) is 14.8.